The first kappa shape index (κ1) is 12.2. The molecule has 0 saturated heterocycles. The van der Waals surface area contributed by atoms with E-state index in [9.17, 15) is 5.11 Å². The lowest BCUT2D eigenvalue weighted by Crippen LogP contribution is -1.94. The van der Waals surface area contributed by atoms with Gasteiger partial charge in [0.2, 0.25) is 0 Å². The van der Waals surface area contributed by atoms with Gasteiger partial charge in [0.05, 0.1) is 13.3 Å². The van der Waals surface area contributed by atoms with Crippen LogP contribution < -0.4 is 4.74 Å². The lowest BCUT2D eigenvalue weighted by Gasteiger charge is -2.02. The molecule has 0 aliphatic heterocycles. The molecule has 20 heavy (non-hydrogen) atoms. The third kappa shape index (κ3) is 2.21. The Bertz CT molecular complexity index is 720. The van der Waals surface area contributed by atoms with Gasteiger partial charge in [0, 0.05) is 5.56 Å². The van der Waals surface area contributed by atoms with Gasteiger partial charge in [0.15, 0.2) is 0 Å². The van der Waals surface area contributed by atoms with Crippen molar-refractivity contribution in [2.45, 2.75) is 0 Å². The van der Waals surface area contributed by atoms with Gasteiger partial charge >= 0.3 is 0 Å². The highest BCUT2D eigenvalue weighted by Gasteiger charge is 2.08. The lowest BCUT2D eigenvalue weighted by atomic mass is 10.1. The van der Waals surface area contributed by atoms with Crippen molar-refractivity contribution in [2.75, 3.05) is 7.11 Å². The predicted molar refractivity (Wildman–Crippen MR) is 75.0 cm³/mol. The van der Waals surface area contributed by atoms with Crippen molar-refractivity contribution in [3.8, 4) is 28.4 Å². The summed E-state index contributed by atoms with van der Waals surface area (Å²) in [5, 5.41) is 18.0. The Morgan fingerprint density at radius 1 is 1.05 bits per heavy atom. The Labute approximate surface area is 116 Å². The van der Waals surface area contributed by atoms with E-state index in [1.165, 1.54) is 0 Å². The number of hydrogen-bond acceptors (Lipinski definition) is 4. The molecule has 0 fully saturated rings. The zero-order chi connectivity index (χ0) is 13.9. The summed E-state index contributed by atoms with van der Waals surface area (Å²) in [7, 11) is 1.63. The summed E-state index contributed by atoms with van der Waals surface area (Å²) < 4.78 is 6.67. The largest absolute Gasteiger partial charge is 0.506 e. The Kier molecular flexibility index (Phi) is 3.09. The minimum Gasteiger partial charge on any atom is -0.506 e. The SMILES string of the molecule is COc1ccc(-c2cn(-c3ccccc3O)nn2)cc1. The van der Waals surface area contributed by atoms with Crippen LogP contribution in [0.5, 0.6) is 11.5 Å². The first-order valence-electron chi connectivity index (χ1n) is 6.13. The van der Waals surface area contributed by atoms with Gasteiger partial charge in [0.1, 0.15) is 22.9 Å². The van der Waals surface area contributed by atoms with E-state index in [-0.39, 0.29) is 5.75 Å². The Hall–Kier alpha value is -2.82. The molecule has 1 heterocycles. The molecule has 1 aromatic heterocycles. The number of phenols is 1. The molecule has 0 aliphatic carbocycles. The molecule has 5 nitrogen and oxygen atoms in total. The van der Waals surface area contributed by atoms with Crippen LogP contribution in [-0.2, 0) is 0 Å². The van der Waals surface area contributed by atoms with Crippen molar-refractivity contribution in [1.29, 1.82) is 0 Å². The van der Waals surface area contributed by atoms with Crippen molar-refractivity contribution >= 4 is 0 Å². The first-order chi connectivity index (χ1) is 9.78. The zero-order valence-corrected chi connectivity index (χ0v) is 10.9. The standard InChI is InChI=1S/C15H13N3O2/c1-20-12-8-6-11(7-9-12)13-10-18(17-16-13)14-4-2-3-5-15(14)19/h2-10,19H,1H3. The zero-order valence-electron chi connectivity index (χ0n) is 10.9. The summed E-state index contributed by atoms with van der Waals surface area (Å²) in [6.45, 7) is 0. The molecule has 0 atom stereocenters. The lowest BCUT2D eigenvalue weighted by molar-refractivity contribution is 0.415. The molecule has 1 N–H and O–H groups in total. The maximum atomic E-state index is 9.81. The van der Waals surface area contributed by atoms with Crippen molar-refractivity contribution < 1.29 is 9.84 Å². The smallest absolute Gasteiger partial charge is 0.141 e. The average molecular weight is 267 g/mol. The summed E-state index contributed by atoms with van der Waals surface area (Å²) in [4.78, 5) is 0. The quantitative estimate of drug-likeness (QED) is 0.792. The van der Waals surface area contributed by atoms with Gasteiger partial charge in [-0.3, -0.25) is 0 Å². The minimum absolute atomic E-state index is 0.165. The molecule has 0 radical (unpaired) electrons. The molecule has 0 amide bonds. The van der Waals surface area contributed by atoms with Crippen molar-refractivity contribution in [2.24, 2.45) is 0 Å². The number of aromatic nitrogens is 3. The van der Waals surface area contributed by atoms with E-state index in [2.05, 4.69) is 10.3 Å². The number of phenolic OH excluding ortho intramolecular Hbond substituents is 1. The first-order valence-corrected chi connectivity index (χ1v) is 6.13. The minimum atomic E-state index is 0.165. The van der Waals surface area contributed by atoms with Crippen LogP contribution in [-0.4, -0.2) is 27.2 Å². The number of aromatic hydroxyl groups is 1. The van der Waals surface area contributed by atoms with Gasteiger partial charge in [-0.05, 0) is 36.4 Å². The predicted octanol–water partition coefficient (Wildman–Crippen LogP) is 2.65. The van der Waals surface area contributed by atoms with E-state index in [0.717, 1.165) is 17.0 Å². The number of benzene rings is 2. The highest BCUT2D eigenvalue weighted by molar-refractivity contribution is 5.59. The molecule has 0 saturated carbocycles. The fourth-order valence-corrected chi connectivity index (χ4v) is 1.93. The van der Waals surface area contributed by atoms with E-state index >= 15 is 0 Å². The van der Waals surface area contributed by atoms with Crippen molar-refractivity contribution in [1.82, 2.24) is 15.0 Å². The van der Waals surface area contributed by atoms with Gasteiger partial charge in [-0.25, -0.2) is 4.68 Å². The van der Waals surface area contributed by atoms with E-state index < -0.39 is 0 Å². The average Bonchev–Trinajstić information content (AvgIpc) is 2.97. The molecule has 100 valence electrons. The number of ether oxygens (including phenoxy) is 1. The van der Waals surface area contributed by atoms with Crippen LogP contribution in [0, 0.1) is 0 Å². The van der Waals surface area contributed by atoms with Gasteiger partial charge in [-0.1, -0.05) is 17.3 Å². The van der Waals surface area contributed by atoms with Crippen molar-refractivity contribution in [3.63, 3.8) is 0 Å². The van der Waals surface area contributed by atoms with E-state index in [1.54, 1.807) is 36.2 Å². The second-order valence-electron chi connectivity index (χ2n) is 4.27. The van der Waals surface area contributed by atoms with Crippen LogP contribution in [0.2, 0.25) is 0 Å². The number of nitrogens with zero attached hydrogens (tertiary/aromatic N) is 3. The maximum absolute atomic E-state index is 9.81. The molecular formula is C15H13N3O2. The van der Waals surface area contributed by atoms with Gasteiger partial charge in [-0.2, -0.15) is 0 Å². The maximum Gasteiger partial charge on any atom is 0.141 e. The molecule has 2 aromatic carbocycles. The van der Waals surface area contributed by atoms with E-state index in [1.807, 2.05) is 30.3 Å². The summed E-state index contributed by atoms with van der Waals surface area (Å²) in [5.41, 5.74) is 2.27. The molecule has 5 heteroatoms. The molecule has 0 spiro atoms. The normalized spacial score (nSPS) is 10.4. The highest BCUT2D eigenvalue weighted by Crippen LogP contribution is 2.23. The van der Waals surface area contributed by atoms with E-state index in [0.29, 0.717) is 5.69 Å². The van der Waals surface area contributed by atoms with Crippen LogP contribution >= 0.6 is 0 Å². The fourth-order valence-electron chi connectivity index (χ4n) is 1.93. The third-order valence-corrected chi connectivity index (χ3v) is 3.01. The molecule has 0 aliphatic rings. The summed E-state index contributed by atoms with van der Waals surface area (Å²) in [5.74, 6) is 0.959. The van der Waals surface area contributed by atoms with Crippen LogP contribution in [0.4, 0.5) is 0 Å². The molecular weight excluding hydrogens is 254 g/mol. The van der Waals surface area contributed by atoms with Crippen LogP contribution in [0.1, 0.15) is 0 Å². The summed E-state index contributed by atoms with van der Waals surface area (Å²) >= 11 is 0. The molecule has 0 bridgehead atoms. The fraction of sp³-hybridized carbons (Fsp3) is 0.0667. The Morgan fingerprint density at radius 3 is 2.50 bits per heavy atom. The third-order valence-electron chi connectivity index (χ3n) is 3.01. The number of hydrogen-bond donors (Lipinski definition) is 1. The molecule has 0 unspecified atom stereocenters. The Morgan fingerprint density at radius 2 is 1.80 bits per heavy atom. The second-order valence-corrected chi connectivity index (χ2v) is 4.27. The monoisotopic (exact) mass is 267 g/mol. The molecule has 3 aromatic rings. The highest BCUT2D eigenvalue weighted by atomic mass is 16.5. The van der Waals surface area contributed by atoms with Gasteiger partial charge in [-0.15, -0.1) is 5.10 Å². The summed E-state index contributed by atoms with van der Waals surface area (Å²) in [6, 6.07) is 14.6. The number of rotatable bonds is 3. The Balaban J connectivity index is 1.95. The topological polar surface area (TPSA) is 60.2 Å². The number of methoxy groups -OCH3 is 1. The van der Waals surface area contributed by atoms with Crippen molar-refractivity contribution in [3.05, 3.63) is 54.7 Å². The van der Waals surface area contributed by atoms with Crippen LogP contribution in [0.15, 0.2) is 54.7 Å². The second kappa shape index (κ2) is 5.05. The van der Waals surface area contributed by atoms with E-state index in [4.69, 9.17) is 4.74 Å². The van der Waals surface area contributed by atoms with Gasteiger partial charge in [0.25, 0.3) is 0 Å². The number of para-hydroxylation sites is 2. The van der Waals surface area contributed by atoms with Crippen LogP contribution in [0.3, 0.4) is 0 Å². The summed E-state index contributed by atoms with van der Waals surface area (Å²) in [6.07, 6.45) is 1.77. The van der Waals surface area contributed by atoms with Crippen LogP contribution in [0.25, 0.3) is 16.9 Å². The molecule has 3 rings (SSSR count). The van der Waals surface area contributed by atoms with Gasteiger partial charge < -0.3 is 9.84 Å².